The van der Waals surface area contributed by atoms with Gasteiger partial charge in [0.2, 0.25) is 0 Å². The van der Waals surface area contributed by atoms with Crippen molar-refractivity contribution in [1.29, 1.82) is 0 Å². The fourth-order valence-electron chi connectivity index (χ4n) is 1.34. The van der Waals surface area contributed by atoms with Crippen molar-refractivity contribution >= 4 is 5.65 Å². The smallest absolute Gasteiger partial charge is 0.330 e. The van der Waals surface area contributed by atoms with Gasteiger partial charge in [0.15, 0.2) is 0 Å². The largest absolute Gasteiger partial charge is 1.00 e. The van der Waals surface area contributed by atoms with Crippen molar-refractivity contribution in [1.82, 2.24) is 30.0 Å². The molecule has 3 aromatic rings. The second-order valence-electron chi connectivity index (χ2n) is 3.07. The van der Waals surface area contributed by atoms with Crippen LogP contribution in [0.5, 0.6) is 0 Å². The first-order chi connectivity index (χ1) is 10.7. The van der Waals surface area contributed by atoms with E-state index in [2.05, 4.69) is 25.6 Å². The molecular weight excluding hydrogens is 259 g/mol. The molecule has 0 saturated carbocycles. The van der Waals surface area contributed by atoms with Gasteiger partial charge in [-0.05, 0) is 18.5 Å². The summed E-state index contributed by atoms with van der Waals surface area (Å²) in [5, 5.41) is 13.4. The first-order valence-corrected chi connectivity index (χ1v) is 4.44. The number of hydrogen-bond donors (Lipinski definition) is 0. The Labute approximate surface area is 152 Å². The molecular formula is C10H7KN6O. The SMILES string of the molecule is [2H]c1cn2c(=O)c(-c3nnn[n-]3)c([2H])nc2c(C([2H])([2H])[2H])c1[2H].[K+]. The molecule has 3 rings (SSSR count). The van der Waals surface area contributed by atoms with Gasteiger partial charge in [0.25, 0.3) is 5.56 Å². The quantitative estimate of drug-likeness (QED) is 0.434. The monoisotopic (exact) mass is 272 g/mol. The third-order valence-corrected chi connectivity index (χ3v) is 2.09. The number of rotatable bonds is 1. The Kier molecular flexibility index (Phi) is 2.27. The van der Waals surface area contributed by atoms with Crippen molar-refractivity contribution in [2.45, 2.75) is 6.85 Å². The molecule has 0 fully saturated rings. The molecule has 0 atom stereocenters. The molecule has 0 amide bonds. The van der Waals surface area contributed by atoms with Crippen molar-refractivity contribution in [3.8, 4) is 11.4 Å². The van der Waals surface area contributed by atoms with Crippen molar-refractivity contribution in [3.63, 3.8) is 0 Å². The maximum absolute atomic E-state index is 12.5. The van der Waals surface area contributed by atoms with Crippen LogP contribution in [-0.2, 0) is 0 Å². The van der Waals surface area contributed by atoms with Crippen LogP contribution in [0.1, 0.15) is 13.8 Å². The predicted molar refractivity (Wildman–Crippen MR) is 58.3 cm³/mol. The Hall–Kier alpha value is -0.934. The molecule has 0 aliphatic heterocycles. The average Bonchev–Trinajstić information content (AvgIpc) is 2.94. The third kappa shape index (κ3) is 2.17. The number of tetrazole rings is 1. The zero-order valence-corrected chi connectivity index (χ0v) is 12.3. The zero-order chi connectivity index (χ0) is 16.9. The Morgan fingerprint density at radius 2 is 2.44 bits per heavy atom. The fraction of sp³-hybridized carbons (Fsp3) is 0.100. The number of aryl methyl sites for hydroxylation is 1. The molecule has 0 spiro atoms. The second kappa shape index (κ2) is 5.37. The minimum atomic E-state index is -2.77. The summed E-state index contributed by atoms with van der Waals surface area (Å²) in [7, 11) is 0. The minimum absolute atomic E-state index is 0. The van der Waals surface area contributed by atoms with Gasteiger partial charge in [0.1, 0.15) is 5.65 Å². The Bertz CT molecular complexity index is 969. The summed E-state index contributed by atoms with van der Waals surface area (Å²) < 4.78 is 46.6. The molecule has 18 heavy (non-hydrogen) atoms. The van der Waals surface area contributed by atoms with E-state index in [-0.39, 0.29) is 68.4 Å². The molecule has 84 valence electrons. The molecule has 0 radical (unpaired) electrons. The molecule has 0 saturated heterocycles. The minimum Gasteiger partial charge on any atom is -0.330 e. The van der Waals surface area contributed by atoms with E-state index in [0.29, 0.717) is 0 Å². The Morgan fingerprint density at radius 3 is 3.17 bits per heavy atom. The van der Waals surface area contributed by atoms with Crippen LogP contribution in [0, 0.1) is 6.85 Å². The summed E-state index contributed by atoms with van der Waals surface area (Å²) in [5.74, 6) is -0.223. The van der Waals surface area contributed by atoms with Gasteiger partial charge in [-0.3, -0.25) is 19.5 Å². The van der Waals surface area contributed by atoms with Crippen molar-refractivity contribution < 1.29 is 59.6 Å². The van der Waals surface area contributed by atoms with Crippen LogP contribution in [-0.4, -0.2) is 24.9 Å². The molecule has 0 aromatic carbocycles. The molecule has 7 nitrogen and oxygen atoms in total. The van der Waals surface area contributed by atoms with E-state index in [1.54, 1.807) is 0 Å². The Balaban J connectivity index is 0.00000208. The Morgan fingerprint density at radius 1 is 1.56 bits per heavy atom. The van der Waals surface area contributed by atoms with Crippen LogP contribution in [0.4, 0.5) is 0 Å². The summed E-state index contributed by atoms with van der Waals surface area (Å²) >= 11 is 0. The summed E-state index contributed by atoms with van der Waals surface area (Å²) in [6.45, 7) is -2.77. The number of pyridine rings is 1. The van der Waals surface area contributed by atoms with E-state index in [9.17, 15) is 4.79 Å². The summed E-state index contributed by atoms with van der Waals surface area (Å²) in [5.41, 5.74) is -2.10. The number of hydrogen-bond acceptors (Lipinski definition) is 5. The van der Waals surface area contributed by atoms with E-state index < -0.39 is 36.2 Å². The topological polar surface area (TPSA) is 87.1 Å². The summed E-state index contributed by atoms with van der Waals surface area (Å²) in [6.07, 6.45) is 0.405. The van der Waals surface area contributed by atoms with Crippen molar-refractivity contribution in [2.24, 2.45) is 0 Å². The summed E-state index contributed by atoms with van der Waals surface area (Å²) in [4.78, 5) is 16.3. The molecule has 3 heterocycles. The average molecular weight is 272 g/mol. The van der Waals surface area contributed by atoms with Crippen LogP contribution < -0.4 is 62.0 Å². The van der Waals surface area contributed by atoms with Crippen LogP contribution in [0.3, 0.4) is 0 Å². The normalized spacial score (nSPS) is 15.8. The maximum Gasteiger partial charge on any atom is 1.00 e. The zero-order valence-electron chi connectivity index (χ0n) is 15.2. The van der Waals surface area contributed by atoms with E-state index in [0.717, 1.165) is 10.6 Å². The standard InChI is InChI=1S/C10H7N6O.K/c1-6-3-2-4-16-9(6)11-5-7(10(16)17)8-12-14-15-13-8;/h2-5H,1H3;/q-1;+1/i1D3,2D,3D,5D;. The van der Waals surface area contributed by atoms with Crippen molar-refractivity contribution in [3.05, 3.63) is 40.4 Å². The number of aromatic nitrogens is 6. The van der Waals surface area contributed by atoms with E-state index in [1.165, 1.54) is 0 Å². The van der Waals surface area contributed by atoms with Gasteiger partial charge in [-0.2, -0.15) is 5.21 Å². The van der Waals surface area contributed by atoms with Crippen LogP contribution in [0.25, 0.3) is 17.0 Å². The van der Waals surface area contributed by atoms with Crippen molar-refractivity contribution in [2.75, 3.05) is 0 Å². The molecule has 0 aliphatic rings. The van der Waals surface area contributed by atoms with Gasteiger partial charge < -0.3 is 5.10 Å². The molecule has 0 unspecified atom stereocenters. The van der Waals surface area contributed by atoms with Gasteiger partial charge in [0.05, 0.1) is 9.68 Å². The second-order valence-corrected chi connectivity index (χ2v) is 3.07. The van der Waals surface area contributed by atoms with E-state index in [4.69, 9.17) is 8.22 Å². The van der Waals surface area contributed by atoms with E-state index in [1.807, 2.05) is 0 Å². The van der Waals surface area contributed by atoms with Crippen LogP contribution in [0.2, 0.25) is 0 Å². The van der Waals surface area contributed by atoms with Crippen LogP contribution in [0.15, 0.2) is 29.2 Å². The van der Waals surface area contributed by atoms with Gasteiger partial charge in [0, 0.05) is 22.3 Å². The molecule has 0 bridgehead atoms. The van der Waals surface area contributed by atoms with Crippen LogP contribution >= 0.6 is 0 Å². The maximum atomic E-state index is 12.5. The van der Waals surface area contributed by atoms with Gasteiger partial charge in [-0.25, -0.2) is 4.98 Å². The first kappa shape index (κ1) is 7.61. The fourth-order valence-corrected chi connectivity index (χ4v) is 1.34. The third-order valence-electron chi connectivity index (χ3n) is 2.09. The molecule has 0 N–H and O–H groups in total. The number of nitrogens with zero attached hydrogens (tertiary/aromatic N) is 6. The number of fused-ring (bicyclic) bond motifs is 1. The molecule has 3 aromatic heterocycles. The first-order valence-electron chi connectivity index (χ1n) is 7.44. The predicted octanol–water partition coefficient (Wildman–Crippen LogP) is -3.18. The van der Waals surface area contributed by atoms with E-state index >= 15 is 0 Å². The molecule has 8 heteroatoms. The summed E-state index contributed by atoms with van der Waals surface area (Å²) in [6, 6.07) is -1.03. The van der Waals surface area contributed by atoms with Gasteiger partial charge >= 0.3 is 51.4 Å². The van der Waals surface area contributed by atoms with Gasteiger partial charge in [-0.15, -0.1) is 0 Å². The van der Waals surface area contributed by atoms with Gasteiger partial charge in [-0.1, -0.05) is 6.04 Å². The molecule has 0 aliphatic carbocycles.